The Balaban J connectivity index is 1.47. The van der Waals surface area contributed by atoms with Gasteiger partial charge < -0.3 is 19.9 Å². The predicted octanol–water partition coefficient (Wildman–Crippen LogP) is 3.16. The molecule has 0 bridgehead atoms. The lowest BCUT2D eigenvalue weighted by atomic mass is 10.1. The number of carbonyl (C=O) groups is 2. The van der Waals surface area contributed by atoms with Crippen LogP contribution in [0.3, 0.4) is 0 Å². The average Bonchev–Trinajstić information content (AvgIpc) is 3.14. The molecule has 150 valence electrons. The molecule has 1 aromatic carbocycles. The first-order chi connectivity index (χ1) is 13.5. The minimum absolute atomic E-state index is 0.00774. The number of rotatable bonds is 5. The molecule has 2 heterocycles. The van der Waals surface area contributed by atoms with Gasteiger partial charge in [0.25, 0.3) is 5.91 Å². The number of hydrogen-bond acceptors (Lipinski definition) is 4. The van der Waals surface area contributed by atoms with E-state index in [0.29, 0.717) is 26.2 Å². The van der Waals surface area contributed by atoms with Gasteiger partial charge in [-0.1, -0.05) is 12.1 Å². The van der Waals surface area contributed by atoms with Crippen molar-refractivity contribution in [1.29, 1.82) is 0 Å². The van der Waals surface area contributed by atoms with Crippen LogP contribution in [-0.4, -0.2) is 61.1 Å². The highest BCUT2D eigenvalue weighted by atomic mass is 32.1. The number of nitrogens with one attached hydrogen (secondary N) is 1. The molecule has 1 aromatic heterocycles. The van der Waals surface area contributed by atoms with Gasteiger partial charge in [0.2, 0.25) is 0 Å². The fourth-order valence-corrected chi connectivity index (χ4v) is 4.16. The molecule has 28 heavy (non-hydrogen) atoms. The number of piperazine rings is 1. The lowest BCUT2D eigenvalue weighted by Gasteiger charge is -2.35. The first-order valence-corrected chi connectivity index (χ1v) is 10.3. The molecule has 3 rings (SSSR count). The Morgan fingerprint density at radius 1 is 1.14 bits per heavy atom. The van der Waals surface area contributed by atoms with Gasteiger partial charge in [0.15, 0.2) is 0 Å². The summed E-state index contributed by atoms with van der Waals surface area (Å²) in [6.07, 6.45) is 0.735. The molecule has 0 aliphatic carbocycles. The van der Waals surface area contributed by atoms with Crippen molar-refractivity contribution in [2.24, 2.45) is 0 Å². The van der Waals surface area contributed by atoms with E-state index >= 15 is 0 Å². The summed E-state index contributed by atoms with van der Waals surface area (Å²) in [7, 11) is 1.65. The van der Waals surface area contributed by atoms with E-state index in [4.69, 9.17) is 4.74 Å². The molecule has 0 saturated carbocycles. The molecule has 1 atom stereocenters. The molecule has 0 spiro atoms. The van der Waals surface area contributed by atoms with Crippen molar-refractivity contribution < 1.29 is 14.3 Å². The summed E-state index contributed by atoms with van der Waals surface area (Å²) in [5.74, 6) is 0.877. The Hall–Kier alpha value is -2.54. The highest BCUT2D eigenvalue weighted by molar-refractivity contribution is 7.13. The Kier molecular flexibility index (Phi) is 6.57. The topological polar surface area (TPSA) is 61.9 Å². The Bertz CT molecular complexity index is 828. The van der Waals surface area contributed by atoms with Crippen LogP contribution in [0.4, 0.5) is 4.79 Å². The maximum Gasteiger partial charge on any atom is 0.317 e. The molecule has 1 unspecified atom stereocenters. The van der Waals surface area contributed by atoms with Gasteiger partial charge in [0.1, 0.15) is 5.75 Å². The van der Waals surface area contributed by atoms with E-state index in [9.17, 15) is 9.59 Å². The third-order valence-electron chi connectivity index (χ3n) is 4.85. The maximum atomic E-state index is 12.6. The van der Waals surface area contributed by atoms with Crippen LogP contribution in [-0.2, 0) is 6.42 Å². The number of benzene rings is 1. The molecule has 1 fully saturated rings. The van der Waals surface area contributed by atoms with Crippen molar-refractivity contribution >= 4 is 23.3 Å². The highest BCUT2D eigenvalue weighted by Crippen LogP contribution is 2.18. The van der Waals surface area contributed by atoms with Crippen LogP contribution in [0.15, 0.2) is 36.4 Å². The van der Waals surface area contributed by atoms with E-state index in [1.165, 1.54) is 11.3 Å². The van der Waals surface area contributed by atoms with Gasteiger partial charge in [0, 0.05) is 37.1 Å². The van der Waals surface area contributed by atoms with Crippen LogP contribution in [0.5, 0.6) is 5.75 Å². The molecule has 1 aliphatic rings. The van der Waals surface area contributed by atoms with E-state index in [0.717, 1.165) is 27.5 Å². The number of aryl methyl sites for hydroxylation is 1. The van der Waals surface area contributed by atoms with Gasteiger partial charge in [-0.05, 0) is 50.1 Å². The summed E-state index contributed by atoms with van der Waals surface area (Å²) in [4.78, 5) is 30.6. The number of methoxy groups -OCH3 is 1. The average molecular weight is 402 g/mol. The van der Waals surface area contributed by atoms with Crippen LogP contribution in [0, 0.1) is 6.92 Å². The van der Waals surface area contributed by atoms with Crippen molar-refractivity contribution in [1.82, 2.24) is 15.1 Å². The minimum Gasteiger partial charge on any atom is -0.497 e. The monoisotopic (exact) mass is 401 g/mol. The van der Waals surface area contributed by atoms with E-state index in [2.05, 4.69) is 5.32 Å². The zero-order valence-corrected chi connectivity index (χ0v) is 17.4. The summed E-state index contributed by atoms with van der Waals surface area (Å²) >= 11 is 1.52. The largest absolute Gasteiger partial charge is 0.497 e. The van der Waals surface area contributed by atoms with E-state index in [-0.39, 0.29) is 18.0 Å². The molecule has 0 radical (unpaired) electrons. The predicted molar refractivity (Wildman–Crippen MR) is 111 cm³/mol. The van der Waals surface area contributed by atoms with Gasteiger partial charge in [-0.15, -0.1) is 11.3 Å². The molecular weight excluding hydrogens is 374 g/mol. The highest BCUT2D eigenvalue weighted by Gasteiger charge is 2.26. The normalized spacial score (nSPS) is 15.2. The standard InChI is InChI=1S/C21H27N3O3S/c1-15(13-17-5-4-6-18(14-17)27-3)22-21(26)24-11-9-23(10-12-24)20(25)19-8-7-16(2)28-19/h4-8,14-15H,9-13H2,1-3H3,(H,22,26). The molecule has 3 amide bonds. The number of carbonyl (C=O) groups excluding carboxylic acids is 2. The van der Waals surface area contributed by atoms with Crippen LogP contribution >= 0.6 is 11.3 Å². The van der Waals surface area contributed by atoms with Crippen molar-refractivity contribution in [2.45, 2.75) is 26.3 Å². The lowest BCUT2D eigenvalue weighted by molar-refractivity contribution is 0.0668. The van der Waals surface area contributed by atoms with Gasteiger partial charge in [0.05, 0.1) is 12.0 Å². The second kappa shape index (κ2) is 9.10. The summed E-state index contributed by atoms with van der Waals surface area (Å²) in [5.41, 5.74) is 1.12. The smallest absolute Gasteiger partial charge is 0.317 e. The van der Waals surface area contributed by atoms with Gasteiger partial charge >= 0.3 is 6.03 Å². The van der Waals surface area contributed by atoms with E-state index in [1.54, 1.807) is 12.0 Å². The van der Waals surface area contributed by atoms with Gasteiger partial charge in [-0.3, -0.25) is 4.79 Å². The van der Waals surface area contributed by atoms with E-state index in [1.807, 2.05) is 55.1 Å². The van der Waals surface area contributed by atoms with Crippen LogP contribution in [0.2, 0.25) is 0 Å². The molecule has 6 nitrogen and oxygen atoms in total. The SMILES string of the molecule is COc1cccc(CC(C)NC(=O)N2CCN(C(=O)c3ccc(C)s3)CC2)c1. The van der Waals surface area contributed by atoms with Crippen LogP contribution in [0.25, 0.3) is 0 Å². The Morgan fingerprint density at radius 2 is 1.86 bits per heavy atom. The first-order valence-electron chi connectivity index (χ1n) is 9.50. The number of urea groups is 1. The third kappa shape index (κ3) is 5.04. The number of thiophene rings is 1. The quantitative estimate of drug-likeness (QED) is 0.837. The molecular formula is C21H27N3O3S. The first kappa shape index (κ1) is 20.2. The third-order valence-corrected chi connectivity index (χ3v) is 5.84. The zero-order valence-electron chi connectivity index (χ0n) is 16.6. The molecule has 7 heteroatoms. The van der Waals surface area contributed by atoms with Crippen LogP contribution in [0.1, 0.15) is 27.0 Å². The number of ether oxygens (including phenoxy) is 1. The van der Waals surface area contributed by atoms with E-state index < -0.39 is 0 Å². The summed E-state index contributed by atoms with van der Waals surface area (Å²) < 4.78 is 5.25. The minimum atomic E-state index is -0.0746. The Morgan fingerprint density at radius 3 is 2.50 bits per heavy atom. The van der Waals surface area contributed by atoms with Gasteiger partial charge in [-0.2, -0.15) is 0 Å². The number of hydrogen-bond donors (Lipinski definition) is 1. The zero-order chi connectivity index (χ0) is 20.1. The summed E-state index contributed by atoms with van der Waals surface area (Å²) in [6, 6.07) is 11.6. The molecule has 1 aliphatic heterocycles. The van der Waals surface area contributed by atoms with Crippen molar-refractivity contribution in [3.63, 3.8) is 0 Å². The maximum absolute atomic E-state index is 12.6. The van der Waals surface area contributed by atoms with Crippen molar-refractivity contribution in [3.8, 4) is 5.75 Å². The second-order valence-corrected chi connectivity index (χ2v) is 8.38. The molecule has 1 saturated heterocycles. The second-order valence-electron chi connectivity index (χ2n) is 7.10. The Labute approximate surface area is 170 Å². The van der Waals surface area contributed by atoms with Gasteiger partial charge in [-0.25, -0.2) is 4.79 Å². The summed E-state index contributed by atoms with van der Waals surface area (Å²) in [5, 5.41) is 3.06. The van der Waals surface area contributed by atoms with Crippen molar-refractivity contribution in [2.75, 3.05) is 33.3 Å². The fraction of sp³-hybridized carbons (Fsp3) is 0.429. The molecule has 2 aromatic rings. The number of amides is 3. The fourth-order valence-electron chi connectivity index (χ4n) is 3.32. The summed E-state index contributed by atoms with van der Waals surface area (Å²) in [6.45, 7) is 6.22. The number of nitrogens with zero attached hydrogens (tertiary/aromatic N) is 2. The molecule has 1 N–H and O–H groups in total. The van der Waals surface area contributed by atoms with Crippen molar-refractivity contribution in [3.05, 3.63) is 51.7 Å². The van der Waals surface area contributed by atoms with Crippen LogP contribution < -0.4 is 10.1 Å². The lowest BCUT2D eigenvalue weighted by Crippen LogP contribution is -2.54.